The topological polar surface area (TPSA) is 30.5 Å². The molecule has 0 spiro atoms. The summed E-state index contributed by atoms with van der Waals surface area (Å²) in [4.78, 5) is 0. The van der Waals surface area contributed by atoms with Crippen molar-refractivity contribution in [2.75, 3.05) is 19.0 Å². The Kier molecular flexibility index (Phi) is 4.23. The second kappa shape index (κ2) is 6.90. The maximum Gasteiger partial charge on any atom is 0.124 e. The van der Waals surface area contributed by atoms with Crippen LogP contribution in [0.3, 0.4) is 0 Å². The summed E-state index contributed by atoms with van der Waals surface area (Å²) in [5, 5.41) is 6.36. The highest BCUT2D eigenvalue weighted by Crippen LogP contribution is 2.52. The molecule has 3 heteroatoms. The molecule has 1 heterocycles. The molecule has 0 saturated carbocycles. The molecule has 3 unspecified atom stereocenters. The van der Waals surface area contributed by atoms with Gasteiger partial charge in [-0.2, -0.15) is 0 Å². The van der Waals surface area contributed by atoms with E-state index in [1.807, 2.05) is 6.92 Å². The molecule has 0 amide bonds. The molecular formula is C25H25NO2. The third kappa shape index (κ3) is 2.65. The highest BCUT2D eigenvalue weighted by Gasteiger charge is 2.39. The van der Waals surface area contributed by atoms with Crippen LogP contribution in [-0.2, 0) is 0 Å². The second-order valence-electron chi connectivity index (χ2n) is 7.56. The molecule has 142 valence electrons. The molecule has 3 aromatic carbocycles. The van der Waals surface area contributed by atoms with Gasteiger partial charge in [0.15, 0.2) is 0 Å². The molecule has 0 radical (unpaired) electrons. The molecular weight excluding hydrogens is 346 g/mol. The molecule has 3 aromatic rings. The molecule has 1 N–H and O–H groups in total. The van der Waals surface area contributed by atoms with Crippen molar-refractivity contribution in [2.45, 2.75) is 25.3 Å². The van der Waals surface area contributed by atoms with E-state index in [-0.39, 0.29) is 6.04 Å². The van der Waals surface area contributed by atoms with E-state index in [0.29, 0.717) is 18.4 Å². The minimum Gasteiger partial charge on any atom is -0.496 e. The fourth-order valence-corrected chi connectivity index (χ4v) is 4.89. The molecule has 1 aliphatic heterocycles. The summed E-state index contributed by atoms with van der Waals surface area (Å²) in [6.45, 7) is 2.71. The lowest BCUT2D eigenvalue weighted by molar-refractivity contribution is 0.338. The molecule has 0 fully saturated rings. The summed E-state index contributed by atoms with van der Waals surface area (Å²) in [6, 6.07) is 19.5. The van der Waals surface area contributed by atoms with Crippen LogP contribution in [0.5, 0.6) is 11.5 Å². The van der Waals surface area contributed by atoms with Gasteiger partial charge in [-0.25, -0.2) is 0 Å². The lowest BCUT2D eigenvalue weighted by Crippen LogP contribution is -2.29. The normalized spacial score (nSPS) is 22.4. The van der Waals surface area contributed by atoms with Crippen molar-refractivity contribution in [3.8, 4) is 11.5 Å². The Bertz CT molecular complexity index is 1060. The minimum absolute atomic E-state index is 0.200. The van der Waals surface area contributed by atoms with E-state index in [0.717, 1.165) is 17.9 Å². The molecule has 0 aromatic heterocycles. The van der Waals surface area contributed by atoms with E-state index in [9.17, 15) is 0 Å². The van der Waals surface area contributed by atoms with Crippen LogP contribution in [0.4, 0.5) is 5.69 Å². The molecule has 2 aliphatic rings. The Morgan fingerprint density at radius 3 is 2.82 bits per heavy atom. The van der Waals surface area contributed by atoms with Gasteiger partial charge >= 0.3 is 0 Å². The van der Waals surface area contributed by atoms with Gasteiger partial charge in [0.1, 0.15) is 11.5 Å². The van der Waals surface area contributed by atoms with Gasteiger partial charge in [-0.1, -0.05) is 42.5 Å². The number of anilines is 1. The van der Waals surface area contributed by atoms with Crippen molar-refractivity contribution in [3.05, 3.63) is 77.9 Å². The highest BCUT2D eigenvalue weighted by molar-refractivity contribution is 5.89. The smallest absolute Gasteiger partial charge is 0.124 e. The van der Waals surface area contributed by atoms with Crippen LogP contribution in [0.1, 0.15) is 36.4 Å². The zero-order chi connectivity index (χ0) is 19.1. The third-order valence-electron chi connectivity index (χ3n) is 6.11. The lowest BCUT2D eigenvalue weighted by atomic mass is 9.76. The number of benzene rings is 3. The van der Waals surface area contributed by atoms with Gasteiger partial charge in [0, 0.05) is 17.2 Å². The SMILES string of the molecule is CCOc1ccc2c(c1)C1C=CCC1C(c1c(OC)ccc3ccccc13)N2. The predicted octanol–water partition coefficient (Wildman–Crippen LogP) is 6.07. The van der Waals surface area contributed by atoms with E-state index in [1.165, 1.54) is 27.6 Å². The second-order valence-corrected chi connectivity index (χ2v) is 7.56. The monoisotopic (exact) mass is 371 g/mol. The first-order valence-corrected chi connectivity index (χ1v) is 10.1. The number of fused-ring (bicyclic) bond motifs is 4. The van der Waals surface area contributed by atoms with Crippen LogP contribution in [0.2, 0.25) is 0 Å². The predicted molar refractivity (Wildman–Crippen MR) is 114 cm³/mol. The van der Waals surface area contributed by atoms with Crippen molar-refractivity contribution in [3.63, 3.8) is 0 Å². The number of ether oxygens (including phenoxy) is 2. The molecule has 1 aliphatic carbocycles. The maximum absolute atomic E-state index is 5.81. The number of methoxy groups -OCH3 is 1. The highest BCUT2D eigenvalue weighted by atomic mass is 16.5. The molecule has 28 heavy (non-hydrogen) atoms. The number of hydrogen-bond acceptors (Lipinski definition) is 3. The number of hydrogen-bond donors (Lipinski definition) is 1. The van der Waals surface area contributed by atoms with Crippen LogP contribution in [0, 0.1) is 5.92 Å². The molecule has 3 nitrogen and oxygen atoms in total. The van der Waals surface area contributed by atoms with Crippen molar-refractivity contribution in [2.24, 2.45) is 5.92 Å². The van der Waals surface area contributed by atoms with Crippen LogP contribution in [0.15, 0.2) is 66.7 Å². The van der Waals surface area contributed by atoms with Gasteiger partial charge in [0.25, 0.3) is 0 Å². The van der Waals surface area contributed by atoms with Crippen LogP contribution >= 0.6 is 0 Å². The van der Waals surface area contributed by atoms with Gasteiger partial charge in [0.05, 0.1) is 19.8 Å². The first-order chi connectivity index (χ1) is 13.8. The zero-order valence-electron chi connectivity index (χ0n) is 16.3. The average Bonchev–Trinajstić information content (AvgIpc) is 3.23. The van der Waals surface area contributed by atoms with E-state index in [4.69, 9.17) is 9.47 Å². The van der Waals surface area contributed by atoms with Gasteiger partial charge in [-0.3, -0.25) is 0 Å². The minimum atomic E-state index is 0.200. The van der Waals surface area contributed by atoms with Crippen molar-refractivity contribution in [1.29, 1.82) is 0 Å². The average molecular weight is 371 g/mol. The van der Waals surface area contributed by atoms with Crippen LogP contribution in [-0.4, -0.2) is 13.7 Å². The number of nitrogens with one attached hydrogen (secondary N) is 1. The number of rotatable bonds is 4. The lowest BCUT2D eigenvalue weighted by Gasteiger charge is -2.38. The Labute approximate surface area is 166 Å². The third-order valence-corrected chi connectivity index (χ3v) is 6.11. The zero-order valence-corrected chi connectivity index (χ0v) is 16.3. The number of allylic oxidation sites excluding steroid dienone is 2. The first kappa shape index (κ1) is 17.2. The van der Waals surface area contributed by atoms with Crippen molar-refractivity contribution < 1.29 is 9.47 Å². The summed E-state index contributed by atoms with van der Waals surface area (Å²) in [6.07, 6.45) is 5.75. The van der Waals surface area contributed by atoms with E-state index < -0.39 is 0 Å². The Hall–Kier alpha value is -2.94. The Morgan fingerprint density at radius 2 is 1.96 bits per heavy atom. The van der Waals surface area contributed by atoms with E-state index in [1.54, 1.807) is 7.11 Å². The van der Waals surface area contributed by atoms with Gasteiger partial charge in [-0.15, -0.1) is 0 Å². The largest absolute Gasteiger partial charge is 0.496 e. The van der Waals surface area contributed by atoms with Crippen LogP contribution in [0.25, 0.3) is 10.8 Å². The summed E-state index contributed by atoms with van der Waals surface area (Å²) in [5.41, 5.74) is 3.79. The fourth-order valence-electron chi connectivity index (χ4n) is 4.89. The molecule has 0 bridgehead atoms. The Balaban J connectivity index is 1.66. The molecule has 0 saturated heterocycles. The van der Waals surface area contributed by atoms with Crippen molar-refractivity contribution in [1.82, 2.24) is 0 Å². The van der Waals surface area contributed by atoms with E-state index in [2.05, 4.69) is 72.1 Å². The summed E-state index contributed by atoms with van der Waals surface area (Å²) >= 11 is 0. The van der Waals surface area contributed by atoms with Crippen molar-refractivity contribution >= 4 is 16.5 Å². The standard InChI is InChI=1S/C25H25NO2/c1-3-28-17-12-13-22-21(15-17)19-9-6-10-20(19)25(26-22)24-18-8-5-4-7-16(18)11-14-23(24)27-2/h4-9,11-15,19-20,25-26H,3,10H2,1-2H3. The fraction of sp³-hybridized carbons (Fsp3) is 0.280. The summed E-state index contributed by atoms with van der Waals surface area (Å²) in [5.74, 6) is 2.76. The molecule has 3 atom stereocenters. The Morgan fingerprint density at radius 1 is 1.07 bits per heavy atom. The van der Waals surface area contributed by atoms with E-state index >= 15 is 0 Å². The summed E-state index contributed by atoms with van der Waals surface area (Å²) in [7, 11) is 1.77. The van der Waals surface area contributed by atoms with Gasteiger partial charge < -0.3 is 14.8 Å². The summed E-state index contributed by atoms with van der Waals surface area (Å²) < 4.78 is 11.6. The van der Waals surface area contributed by atoms with Gasteiger partial charge in [0.2, 0.25) is 0 Å². The molecule has 5 rings (SSSR count). The quantitative estimate of drug-likeness (QED) is 0.564. The van der Waals surface area contributed by atoms with Gasteiger partial charge in [-0.05, 0) is 59.9 Å². The first-order valence-electron chi connectivity index (χ1n) is 10.1. The maximum atomic E-state index is 5.81. The van der Waals surface area contributed by atoms with Crippen LogP contribution < -0.4 is 14.8 Å².